The van der Waals surface area contributed by atoms with E-state index in [9.17, 15) is 5.11 Å². The summed E-state index contributed by atoms with van der Waals surface area (Å²) in [4.78, 5) is 0. The van der Waals surface area contributed by atoms with Gasteiger partial charge in [0.15, 0.2) is 0 Å². The van der Waals surface area contributed by atoms with E-state index in [1.165, 1.54) is 0 Å². The van der Waals surface area contributed by atoms with E-state index in [2.05, 4.69) is 6.58 Å². The summed E-state index contributed by atoms with van der Waals surface area (Å²) in [6.07, 6.45) is 5.61. The molecule has 0 aromatic heterocycles. The number of phenolic OH excluding ortho intramolecular Hbond substituents is 1. The molecular weight excluding hydrogens is 184 g/mol. The van der Waals surface area contributed by atoms with Gasteiger partial charge in [-0.1, -0.05) is 55.1 Å². The summed E-state index contributed by atoms with van der Waals surface area (Å²) in [6.45, 7) is 3.64. The average Bonchev–Trinajstić information content (AvgIpc) is 2.29. The van der Waals surface area contributed by atoms with Crippen molar-refractivity contribution in [3.8, 4) is 5.75 Å². The molecule has 0 aliphatic carbocycles. The summed E-state index contributed by atoms with van der Waals surface area (Å²) in [7, 11) is 0. The molecule has 1 N–H and O–H groups in total. The zero-order valence-electron chi connectivity index (χ0n) is 8.35. The molecule has 0 radical (unpaired) electrons. The molecule has 0 amide bonds. The SMILES string of the molecule is C=CC=Cc1ccc(O)c2ccccc12. The molecule has 0 spiro atoms. The second kappa shape index (κ2) is 4.01. The van der Waals surface area contributed by atoms with Crippen LogP contribution in [0.5, 0.6) is 5.75 Å². The maximum Gasteiger partial charge on any atom is 0.123 e. The third-order valence-corrected chi connectivity index (χ3v) is 2.35. The molecule has 2 rings (SSSR count). The predicted octanol–water partition coefficient (Wildman–Crippen LogP) is 3.74. The normalized spacial score (nSPS) is 10.9. The van der Waals surface area contributed by atoms with Crippen molar-refractivity contribution in [2.24, 2.45) is 0 Å². The van der Waals surface area contributed by atoms with Gasteiger partial charge in [0.1, 0.15) is 5.75 Å². The molecule has 1 heteroatoms. The van der Waals surface area contributed by atoms with Crippen LogP contribution in [0.2, 0.25) is 0 Å². The van der Waals surface area contributed by atoms with E-state index in [4.69, 9.17) is 0 Å². The van der Waals surface area contributed by atoms with Gasteiger partial charge in [0.2, 0.25) is 0 Å². The van der Waals surface area contributed by atoms with E-state index < -0.39 is 0 Å². The minimum absolute atomic E-state index is 0.321. The van der Waals surface area contributed by atoms with Gasteiger partial charge in [-0.15, -0.1) is 0 Å². The monoisotopic (exact) mass is 196 g/mol. The topological polar surface area (TPSA) is 20.2 Å². The van der Waals surface area contributed by atoms with Gasteiger partial charge in [0.05, 0.1) is 0 Å². The Morgan fingerprint density at radius 3 is 2.47 bits per heavy atom. The van der Waals surface area contributed by atoms with Crippen molar-refractivity contribution in [2.45, 2.75) is 0 Å². The van der Waals surface area contributed by atoms with Gasteiger partial charge in [-0.05, 0) is 17.0 Å². The van der Waals surface area contributed by atoms with Crippen LogP contribution in [0.25, 0.3) is 16.8 Å². The van der Waals surface area contributed by atoms with Crippen molar-refractivity contribution >= 4 is 16.8 Å². The highest BCUT2D eigenvalue weighted by molar-refractivity contribution is 5.94. The smallest absolute Gasteiger partial charge is 0.123 e. The highest BCUT2D eigenvalue weighted by atomic mass is 16.3. The predicted molar refractivity (Wildman–Crippen MR) is 64.8 cm³/mol. The number of hydrogen-bond donors (Lipinski definition) is 1. The van der Waals surface area contributed by atoms with Crippen LogP contribution >= 0.6 is 0 Å². The molecule has 0 saturated carbocycles. The Hall–Kier alpha value is -2.02. The highest BCUT2D eigenvalue weighted by Crippen LogP contribution is 2.27. The van der Waals surface area contributed by atoms with Crippen LogP contribution in [-0.4, -0.2) is 5.11 Å². The molecule has 2 aromatic rings. The number of allylic oxidation sites excluding steroid dienone is 2. The van der Waals surface area contributed by atoms with Crippen LogP contribution in [0.1, 0.15) is 5.56 Å². The lowest BCUT2D eigenvalue weighted by Gasteiger charge is -2.03. The molecule has 0 fully saturated rings. The first-order valence-corrected chi connectivity index (χ1v) is 4.83. The van der Waals surface area contributed by atoms with Crippen LogP contribution in [0.3, 0.4) is 0 Å². The number of rotatable bonds is 2. The highest BCUT2D eigenvalue weighted by Gasteiger charge is 2.01. The zero-order chi connectivity index (χ0) is 10.7. The van der Waals surface area contributed by atoms with E-state index in [-0.39, 0.29) is 0 Å². The standard InChI is InChI=1S/C14H12O/c1-2-3-6-11-9-10-14(15)13-8-5-4-7-12(11)13/h2-10,15H,1H2. The van der Waals surface area contributed by atoms with Crippen molar-refractivity contribution in [1.82, 2.24) is 0 Å². The number of benzene rings is 2. The van der Waals surface area contributed by atoms with Gasteiger partial charge in [0.25, 0.3) is 0 Å². The van der Waals surface area contributed by atoms with Crippen LogP contribution in [0.4, 0.5) is 0 Å². The minimum atomic E-state index is 0.321. The summed E-state index contributed by atoms with van der Waals surface area (Å²) >= 11 is 0. The second-order valence-corrected chi connectivity index (χ2v) is 3.31. The quantitative estimate of drug-likeness (QED) is 0.725. The summed E-state index contributed by atoms with van der Waals surface area (Å²) in [6, 6.07) is 11.4. The molecule has 15 heavy (non-hydrogen) atoms. The zero-order valence-corrected chi connectivity index (χ0v) is 8.35. The Morgan fingerprint density at radius 1 is 1.00 bits per heavy atom. The number of phenols is 1. The Bertz CT molecular complexity index is 524. The van der Waals surface area contributed by atoms with E-state index in [0.29, 0.717) is 5.75 Å². The third-order valence-electron chi connectivity index (χ3n) is 2.35. The van der Waals surface area contributed by atoms with Crippen molar-refractivity contribution in [3.63, 3.8) is 0 Å². The van der Waals surface area contributed by atoms with E-state index in [1.807, 2.05) is 42.5 Å². The average molecular weight is 196 g/mol. The first kappa shape index (κ1) is 9.53. The first-order chi connectivity index (χ1) is 7.33. The number of hydrogen-bond acceptors (Lipinski definition) is 1. The lowest BCUT2D eigenvalue weighted by Crippen LogP contribution is -1.78. The Labute approximate surface area is 89.0 Å². The van der Waals surface area contributed by atoms with Crippen LogP contribution in [0.15, 0.2) is 55.1 Å². The van der Waals surface area contributed by atoms with Crippen LogP contribution < -0.4 is 0 Å². The first-order valence-electron chi connectivity index (χ1n) is 4.83. The van der Waals surface area contributed by atoms with Crippen molar-refractivity contribution in [2.75, 3.05) is 0 Å². The van der Waals surface area contributed by atoms with Gasteiger partial charge in [0, 0.05) is 5.39 Å². The maximum absolute atomic E-state index is 9.68. The molecule has 74 valence electrons. The molecular formula is C14H12O. The van der Waals surface area contributed by atoms with Crippen LogP contribution in [0, 0.1) is 0 Å². The molecule has 0 unspecified atom stereocenters. The molecule has 0 bridgehead atoms. The summed E-state index contributed by atoms with van der Waals surface area (Å²) in [5, 5.41) is 11.6. The fourth-order valence-corrected chi connectivity index (χ4v) is 1.62. The molecule has 2 aromatic carbocycles. The summed E-state index contributed by atoms with van der Waals surface area (Å²) in [5.41, 5.74) is 1.09. The van der Waals surface area contributed by atoms with Gasteiger partial charge in [-0.2, -0.15) is 0 Å². The third kappa shape index (κ3) is 1.77. The number of aromatic hydroxyl groups is 1. The van der Waals surface area contributed by atoms with Crippen LogP contribution in [-0.2, 0) is 0 Å². The lowest BCUT2D eigenvalue weighted by atomic mass is 10.0. The fourth-order valence-electron chi connectivity index (χ4n) is 1.62. The summed E-state index contributed by atoms with van der Waals surface area (Å²) in [5.74, 6) is 0.321. The van der Waals surface area contributed by atoms with Crippen molar-refractivity contribution in [3.05, 3.63) is 60.7 Å². The Morgan fingerprint density at radius 2 is 1.73 bits per heavy atom. The maximum atomic E-state index is 9.68. The van der Waals surface area contributed by atoms with Gasteiger partial charge < -0.3 is 5.11 Å². The largest absolute Gasteiger partial charge is 0.507 e. The molecule has 0 aliphatic rings. The van der Waals surface area contributed by atoms with Crippen molar-refractivity contribution < 1.29 is 5.11 Å². The Balaban J connectivity index is 2.71. The fraction of sp³-hybridized carbons (Fsp3) is 0. The minimum Gasteiger partial charge on any atom is -0.507 e. The second-order valence-electron chi connectivity index (χ2n) is 3.31. The van der Waals surface area contributed by atoms with E-state index in [1.54, 1.807) is 12.1 Å². The van der Waals surface area contributed by atoms with E-state index in [0.717, 1.165) is 16.3 Å². The lowest BCUT2D eigenvalue weighted by molar-refractivity contribution is 0.481. The molecule has 1 nitrogen and oxygen atoms in total. The summed E-state index contributed by atoms with van der Waals surface area (Å²) < 4.78 is 0. The van der Waals surface area contributed by atoms with E-state index >= 15 is 0 Å². The number of fused-ring (bicyclic) bond motifs is 1. The van der Waals surface area contributed by atoms with Gasteiger partial charge in [-0.25, -0.2) is 0 Å². The molecule has 0 aliphatic heterocycles. The molecule has 0 saturated heterocycles. The van der Waals surface area contributed by atoms with Crippen molar-refractivity contribution in [1.29, 1.82) is 0 Å². The molecule has 0 atom stereocenters. The van der Waals surface area contributed by atoms with Gasteiger partial charge >= 0.3 is 0 Å². The molecule has 0 heterocycles. The Kier molecular flexibility index (Phi) is 2.55. The van der Waals surface area contributed by atoms with Gasteiger partial charge in [-0.3, -0.25) is 0 Å².